The third-order valence-corrected chi connectivity index (χ3v) is 9.55. The first-order valence-corrected chi connectivity index (χ1v) is 16.3. The van der Waals surface area contributed by atoms with E-state index in [1.54, 1.807) is 0 Å². The lowest BCUT2D eigenvalue weighted by atomic mass is 9.96. The molecular weight excluding hydrogens is 611 g/mol. The first-order valence-electron chi connectivity index (χ1n) is 16.3. The molecule has 50 heavy (non-hydrogen) atoms. The summed E-state index contributed by atoms with van der Waals surface area (Å²) >= 11 is 0. The van der Waals surface area contributed by atoms with Crippen LogP contribution in [0.4, 0.5) is 5.69 Å². The summed E-state index contributed by atoms with van der Waals surface area (Å²) in [5.74, 6) is 0. The Morgan fingerprint density at radius 2 is 1.06 bits per heavy atom. The van der Waals surface area contributed by atoms with Gasteiger partial charge in [-0.3, -0.25) is 0 Å². The molecule has 0 amide bonds. The number of aromatic nitrogens is 2. The van der Waals surface area contributed by atoms with Crippen molar-refractivity contribution in [2.45, 2.75) is 0 Å². The number of rotatable bonds is 4. The van der Waals surface area contributed by atoms with Gasteiger partial charge >= 0.3 is 0 Å². The van der Waals surface area contributed by atoms with Gasteiger partial charge in [-0.25, -0.2) is 4.85 Å². The molecule has 0 fully saturated rings. The minimum absolute atomic E-state index is 0.534. The number of fused-ring (bicyclic) bond motifs is 6. The summed E-state index contributed by atoms with van der Waals surface area (Å²) < 4.78 is 4.35. The Hall–Kier alpha value is -7.39. The van der Waals surface area contributed by atoms with Crippen molar-refractivity contribution >= 4 is 49.3 Å². The predicted molar refractivity (Wildman–Crippen MR) is 202 cm³/mol. The Kier molecular flexibility index (Phi) is 6.56. The van der Waals surface area contributed by atoms with E-state index < -0.39 is 0 Å². The minimum Gasteiger partial charge on any atom is -0.318 e. The molecule has 0 aliphatic rings. The second-order valence-electron chi connectivity index (χ2n) is 12.3. The fourth-order valence-corrected chi connectivity index (χ4v) is 7.41. The molecule has 2 heterocycles. The molecule has 0 aliphatic carbocycles. The molecule has 0 N–H and O–H groups in total. The molecule has 9 rings (SSSR count). The lowest BCUT2D eigenvalue weighted by Gasteiger charge is -2.17. The van der Waals surface area contributed by atoms with Gasteiger partial charge in [0.1, 0.15) is 0 Å². The normalized spacial score (nSPS) is 11.1. The van der Waals surface area contributed by atoms with Gasteiger partial charge in [-0.2, -0.15) is 10.5 Å². The molecule has 7 aromatic carbocycles. The van der Waals surface area contributed by atoms with E-state index in [0.29, 0.717) is 16.8 Å². The maximum absolute atomic E-state index is 10.2. The number of para-hydroxylation sites is 4. The van der Waals surface area contributed by atoms with Crippen LogP contribution in [-0.4, -0.2) is 9.13 Å². The summed E-state index contributed by atoms with van der Waals surface area (Å²) in [6, 6.07) is 55.4. The van der Waals surface area contributed by atoms with Crippen LogP contribution in [0.2, 0.25) is 0 Å². The van der Waals surface area contributed by atoms with Crippen LogP contribution in [0.1, 0.15) is 11.1 Å². The molecule has 0 aliphatic heterocycles. The monoisotopic (exact) mass is 635 g/mol. The van der Waals surface area contributed by atoms with Crippen molar-refractivity contribution in [1.82, 2.24) is 9.13 Å². The Labute approximate surface area is 288 Å². The van der Waals surface area contributed by atoms with E-state index in [-0.39, 0.29) is 0 Å². The largest absolute Gasteiger partial charge is 0.318 e. The summed E-state index contributed by atoms with van der Waals surface area (Å²) in [4.78, 5) is 4.00. The van der Waals surface area contributed by atoms with Crippen LogP contribution >= 0.6 is 0 Å². The summed E-state index contributed by atoms with van der Waals surface area (Å²) in [5.41, 5.74) is 11.1. The number of nitrogens with zero attached hydrogens (tertiary/aromatic N) is 5. The fourth-order valence-electron chi connectivity index (χ4n) is 7.41. The standard InChI is InChI=1S/C45H25N5/c1-48-40-16-9-15-35(45(40)50-42-18-6-3-12-36(42)37-13-4-7-19-43(37)50)32-11-8-10-31(25-32)33-22-30(28-47)23-34(26-33)49-41-17-5-2-14-38(41)39-21-20-29(27-46)24-44(39)49/h2-26H. The third kappa shape index (κ3) is 4.38. The van der Waals surface area contributed by atoms with E-state index in [1.807, 2.05) is 72.8 Å². The highest BCUT2D eigenvalue weighted by molar-refractivity contribution is 6.11. The molecule has 230 valence electrons. The van der Waals surface area contributed by atoms with Crippen LogP contribution < -0.4 is 0 Å². The summed E-state index contributed by atoms with van der Waals surface area (Å²) in [7, 11) is 0. The van der Waals surface area contributed by atoms with Gasteiger partial charge in [0.15, 0.2) is 0 Å². The highest BCUT2D eigenvalue weighted by Gasteiger charge is 2.19. The van der Waals surface area contributed by atoms with Gasteiger partial charge in [-0.15, -0.1) is 0 Å². The van der Waals surface area contributed by atoms with Crippen molar-refractivity contribution in [3.8, 4) is 45.8 Å². The van der Waals surface area contributed by atoms with Gasteiger partial charge in [0.2, 0.25) is 5.69 Å². The molecule has 0 spiro atoms. The van der Waals surface area contributed by atoms with Gasteiger partial charge in [0.05, 0.1) is 57.6 Å². The highest BCUT2D eigenvalue weighted by atomic mass is 15.0. The van der Waals surface area contributed by atoms with Crippen molar-refractivity contribution in [2.24, 2.45) is 0 Å². The van der Waals surface area contributed by atoms with Gasteiger partial charge in [0.25, 0.3) is 0 Å². The first-order chi connectivity index (χ1) is 24.7. The minimum atomic E-state index is 0.534. The van der Waals surface area contributed by atoms with Crippen LogP contribution in [0.3, 0.4) is 0 Å². The number of benzene rings is 7. The van der Waals surface area contributed by atoms with Crippen molar-refractivity contribution < 1.29 is 0 Å². The molecule has 2 aromatic heterocycles. The smallest absolute Gasteiger partial charge is 0.211 e. The second-order valence-corrected chi connectivity index (χ2v) is 12.3. The molecule has 0 atom stereocenters. The van der Waals surface area contributed by atoms with Gasteiger partial charge in [-0.1, -0.05) is 97.1 Å². The quantitative estimate of drug-likeness (QED) is 0.181. The van der Waals surface area contributed by atoms with Crippen LogP contribution in [-0.2, 0) is 0 Å². The topological polar surface area (TPSA) is 61.8 Å². The Bertz CT molecular complexity index is 2920. The van der Waals surface area contributed by atoms with Crippen molar-refractivity contribution in [3.05, 3.63) is 174 Å². The SMILES string of the molecule is [C-]#[N+]c1cccc(-c2cccc(-c3cc(C#N)cc(-n4c5ccccc5c5ccc(C#N)cc54)c3)c2)c1-n1c2ccccc2c2ccccc21. The van der Waals surface area contributed by atoms with E-state index in [1.165, 1.54) is 0 Å². The molecule has 0 saturated heterocycles. The predicted octanol–water partition coefficient (Wildman–Crippen LogP) is 11.5. The number of hydrogen-bond acceptors (Lipinski definition) is 2. The zero-order valence-corrected chi connectivity index (χ0v) is 26.7. The van der Waals surface area contributed by atoms with Crippen molar-refractivity contribution in [1.29, 1.82) is 10.5 Å². The van der Waals surface area contributed by atoms with Gasteiger partial charge in [-0.05, 0) is 76.9 Å². The summed E-state index contributed by atoms with van der Waals surface area (Å²) in [6.45, 7) is 8.18. The average molecular weight is 636 g/mol. The molecular formula is C45H25N5. The van der Waals surface area contributed by atoms with Crippen molar-refractivity contribution in [2.75, 3.05) is 0 Å². The molecule has 5 nitrogen and oxygen atoms in total. The zero-order chi connectivity index (χ0) is 33.8. The van der Waals surface area contributed by atoms with E-state index >= 15 is 0 Å². The number of hydrogen-bond donors (Lipinski definition) is 0. The van der Waals surface area contributed by atoms with Crippen LogP contribution in [0.25, 0.3) is 82.1 Å². The fraction of sp³-hybridized carbons (Fsp3) is 0. The lowest BCUT2D eigenvalue weighted by molar-refractivity contribution is 1.18. The molecule has 0 saturated carbocycles. The maximum atomic E-state index is 10.2. The highest BCUT2D eigenvalue weighted by Crippen LogP contribution is 2.42. The molecule has 0 radical (unpaired) electrons. The number of nitriles is 2. The Balaban J connectivity index is 1.26. The van der Waals surface area contributed by atoms with E-state index in [2.05, 4.69) is 105 Å². The lowest BCUT2D eigenvalue weighted by Crippen LogP contribution is -1.98. The van der Waals surface area contributed by atoms with Gasteiger partial charge in [0, 0.05) is 27.2 Å². The Morgan fingerprint density at radius 1 is 0.460 bits per heavy atom. The molecule has 0 unspecified atom stereocenters. The maximum Gasteiger partial charge on any atom is 0.211 e. The van der Waals surface area contributed by atoms with Gasteiger partial charge < -0.3 is 9.13 Å². The summed E-state index contributed by atoms with van der Waals surface area (Å²) in [6.07, 6.45) is 0. The zero-order valence-electron chi connectivity index (χ0n) is 26.7. The van der Waals surface area contributed by atoms with E-state index in [0.717, 1.165) is 77.2 Å². The van der Waals surface area contributed by atoms with Crippen LogP contribution in [0.15, 0.2) is 152 Å². The molecule has 9 aromatic rings. The van der Waals surface area contributed by atoms with Crippen LogP contribution in [0.5, 0.6) is 0 Å². The van der Waals surface area contributed by atoms with E-state index in [4.69, 9.17) is 6.57 Å². The summed E-state index contributed by atoms with van der Waals surface area (Å²) in [5, 5.41) is 24.3. The first kappa shape index (κ1) is 28.8. The van der Waals surface area contributed by atoms with Crippen molar-refractivity contribution in [3.63, 3.8) is 0 Å². The average Bonchev–Trinajstić information content (AvgIpc) is 3.69. The third-order valence-electron chi connectivity index (χ3n) is 9.55. The second kappa shape index (κ2) is 11.4. The van der Waals surface area contributed by atoms with Crippen LogP contribution in [0, 0.1) is 29.2 Å². The molecule has 5 heteroatoms. The van der Waals surface area contributed by atoms with E-state index in [9.17, 15) is 10.5 Å². The Morgan fingerprint density at radius 3 is 1.72 bits per heavy atom. The molecule has 0 bridgehead atoms.